The number of rotatable bonds is 4. The van der Waals surface area contributed by atoms with Crippen LogP contribution < -0.4 is 4.90 Å². The Labute approximate surface area is 128 Å². The third-order valence-corrected chi connectivity index (χ3v) is 3.81. The molecule has 1 aromatic heterocycles. The molecule has 6 nitrogen and oxygen atoms in total. The Bertz CT molecular complexity index is 682. The number of carbonyl (C=O) groups is 2. The number of hydrogen-bond donors (Lipinski definition) is 0. The van der Waals surface area contributed by atoms with E-state index in [9.17, 15) is 9.59 Å². The fraction of sp³-hybridized carbons (Fsp3) is 0.312. The van der Waals surface area contributed by atoms with Crippen molar-refractivity contribution in [3.8, 4) is 0 Å². The Hall–Kier alpha value is -2.63. The van der Waals surface area contributed by atoms with E-state index in [0.717, 1.165) is 11.3 Å². The molecule has 0 bridgehead atoms. The van der Waals surface area contributed by atoms with Crippen LogP contribution in [0, 0.1) is 5.92 Å². The fourth-order valence-corrected chi connectivity index (χ4v) is 2.70. The third-order valence-electron chi connectivity index (χ3n) is 3.81. The number of ether oxygens (including phenoxy) is 1. The molecule has 114 valence electrons. The second-order valence-electron chi connectivity index (χ2n) is 5.33. The molecule has 1 atom stereocenters. The van der Waals surface area contributed by atoms with E-state index in [1.54, 1.807) is 17.4 Å². The van der Waals surface area contributed by atoms with Crippen LogP contribution in [0.3, 0.4) is 0 Å². The number of benzene rings is 1. The standard InChI is InChI=1S/C16H17N3O3/c1-22-16(21)13-8-15(20)19(10-13)14-4-2-3-12(7-14)9-18-6-5-17-11-18/h2-7,11,13H,8-10H2,1H3. The molecule has 1 aliphatic heterocycles. The van der Waals surface area contributed by atoms with E-state index in [4.69, 9.17) is 4.74 Å². The average molecular weight is 299 g/mol. The molecule has 0 saturated carbocycles. The normalized spacial score (nSPS) is 17.8. The summed E-state index contributed by atoms with van der Waals surface area (Å²) in [6.45, 7) is 1.07. The highest BCUT2D eigenvalue weighted by Gasteiger charge is 2.35. The topological polar surface area (TPSA) is 64.4 Å². The van der Waals surface area contributed by atoms with Crippen LogP contribution in [0.2, 0.25) is 0 Å². The van der Waals surface area contributed by atoms with Gasteiger partial charge < -0.3 is 14.2 Å². The number of esters is 1. The fourth-order valence-electron chi connectivity index (χ4n) is 2.70. The van der Waals surface area contributed by atoms with Gasteiger partial charge in [-0.05, 0) is 17.7 Å². The molecule has 1 saturated heterocycles. The van der Waals surface area contributed by atoms with Crippen LogP contribution in [0.15, 0.2) is 43.0 Å². The van der Waals surface area contributed by atoms with Gasteiger partial charge >= 0.3 is 5.97 Å². The minimum atomic E-state index is -0.380. The van der Waals surface area contributed by atoms with E-state index in [1.165, 1.54) is 7.11 Å². The van der Waals surface area contributed by atoms with Crippen LogP contribution in [-0.2, 0) is 20.9 Å². The van der Waals surface area contributed by atoms with Gasteiger partial charge in [-0.3, -0.25) is 9.59 Å². The molecule has 2 aromatic rings. The molecule has 0 spiro atoms. The highest BCUT2D eigenvalue weighted by atomic mass is 16.5. The van der Waals surface area contributed by atoms with E-state index in [0.29, 0.717) is 13.1 Å². The first-order valence-corrected chi connectivity index (χ1v) is 7.10. The van der Waals surface area contributed by atoms with E-state index < -0.39 is 0 Å². The Kier molecular flexibility index (Phi) is 3.91. The molecule has 1 fully saturated rings. The van der Waals surface area contributed by atoms with Crippen molar-refractivity contribution < 1.29 is 14.3 Å². The van der Waals surface area contributed by atoms with Crippen molar-refractivity contribution in [2.75, 3.05) is 18.6 Å². The van der Waals surface area contributed by atoms with Crippen molar-refractivity contribution in [2.45, 2.75) is 13.0 Å². The Morgan fingerprint density at radius 2 is 2.32 bits per heavy atom. The number of aromatic nitrogens is 2. The van der Waals surface area contributed by atoms with Gasteiger partial charge in [-0.25, -0.2) is 4.98 Å². The highest BCUT2D eigenvalue weighted by Crippen LogP contribution is 2.26. The van der Waals surface area contributed by atoms with Crippen molar-refractivity contribution in [2.24, 2.45) is 5.92 Å². The molecule has 0 aliphatic carbocycles. The van der Waals surface area contributed by atoms with Crippen LogP contribution >= 0.6 is 0 Å². The average Bonchev–Trinajstić information content (AvgIpc) is 3.16. The lowest BCUT2D eigenvalue weighted by molar-refractivity contribution is -0.145. The number of amides is 1. The summed E-state index contributed by atoms with van der Waals surface area (Å²) in [5.74, 6) is -0.754. The van der Waals surface area contributed by atoms with Crippen LogP contribution in [0.5, 0.6) is 0 Å². The van der Waals surface area contributed by atoms with Gasteiger partial charge in [0.05, 0.1) is 19.4 Å². The molecular formula is C16H17N3O3. The monoisotopic (exact) mass is 299 g/mol. The first-order valence-electron chi connectivity index (χ1n) is 7.10. The summed E-state index contributed by atoms with van der Waals surface area (Å²) in [6, 6.07) is 7.77. The molecule has 6 heteroatoms. The predicted molar refractivity (Wildman–Crippen MR) is 80.2 cm³/mol. The van der Waals surface area contributed by atoms with Crippen molar-refractivity contribution >= 4 is 17.6 Å². The number of carbonyl (C=O) groups excluding carboxylic acids is 2. The first-order chi connectivity index (χ1) is 10.7. The van der Waals surface area contributed by atoms with Gasteiger partial charge in [0.2, 0.25) is 5.91 Å². The number of methoxy groups -OCH3 is 1. The van der Waals surface area contributed by atoms with E-state index in [-0.39, 0.29) is 24.2 Å². The first kappa shape index (κ1) is 14.3. The molecule has 2 heterocycles. The van der Waals surface area contributed by atoms with E-state index >= 15 is 0 Å². The van der Waals surface area contributed by atoms with Crippen molar-refractivity contribution in [1.29, 1.82) is 0 Å². The highest BCUT2D eigenvalue weighted by molar-refractivity contribution is 5.99. The SMILES string of the molecule is COC(=O)C1CC(=O)N(c2cccc(Cn3ccnc3)c2)C1. The molecule has 0 N–H and O–H groups in total. The van der Waals surface area contributed by atoms with Crippen LogP contribution in [0.1, 0.15) is 12.0 Å². The van der Waals surface area contributed by atoms with Gasteiger partial charge in [-0.2, -0.15) is 0 Å². The Balaban J connectivity index is 1.77. The van der Waals surface area contributed by atoms with Crippen molar-refractivity contribution in [3.63, 3.8) is 0 Å². The van der Waals surface area contributed by atoms with Gasteiger partial charge in [0.25, 0.3) is 0 Å². The van der Waals surface area contributed by atoms with Crippen LogP contribution in [-0.4, -0.2) is 35.1 Å². The summed E-state index contributed by atoms with van der Waals surface area (Å²) >= 11 is 0. The van der Waals surface area contributed by atoms with Crippen molar-refractivity contribution in [1.82, 2.24) is 9.55 Å². The quantitative estimate of drug-likeness (QED) is 0.802. The smallest absolute Gasteiger partial charge is 0.311 e. The van der Waals surface area contributed by atoms with Gasteiger partial charge in [-0.15, -0.1) is 0 Å². The summed E-state index contributed by atoms with van der Waals surface area (Å²) in [4.78, 5) is 29.4. The Morgan fingerprint density at radius 3 is 3.05 bits per heavy atom. The molecule has 3 rings (SSSR count). The maximum Gasteiger partial charge on any atom is 0.311 e. The zero-order valence-corrected chi connectivity index (χ0v) is 12.3. The zero-order chi connectivity index (χ0) is 15.5. The van der Waals surface area contributed by atoms with Gasteiger partial charge in [0, 0.05) is 37.6 Å². The molecule has 1 aromatic carbocycles. The van der Waals surface area contributed by atoms with Gasteiger partial charge in [0.1, 0.15) is 0 Å². The van der Waals surface area contributed by atoms with Crippen molar-refractivity contribution in [3.05, 3.63) is 48.5 Å². The second kappa shape index (κ2) is 6.01. The maximum absolute atomic E-state index is 12.1. The van der Waals surface area contributed by atoms with E-state index in [2.05, 4.69) is 4.98 Å². The summed E-state index contributed by atoms with van der Waals surface area (Å²) in [6.07, 6.45) is 5.58. The molecule has 1 amide bonds. The molecule has 22 heavy (non-hydrogen) atoms. The summed E-state index contributed by atoms with van der Waals surface area (Å²) < 4.78 is 6.69. The third kappa shape index (κ3) is 2.86. The maximum atomic E-state index is 12.1. The van der Waals surface area contributed by atoms with Gasteiger partial charge in [0.15, 0.2) is 0 Å². The second-order valence-corrected chi connectivity index (χ2v) is 5.33. The van der Waals surface area contributed by atoms with Gasteiger partial charge in [-0.1, -0.05) is 12.1 Å². The summed E-state index contributed by atoms with van der Waals surface area (Å²) in [5.41, 5.74) is 1.89. The zero-order valence-electron chi connectivity index (χ0n) is 12.3. The number of imidazole rings is 1. The molecule has 0 radical (unpaired) electrons. The predicted octanol–water partition coefficient (Wildman–Crippen LogP) is 1.46. The Morgan fingerprint density at radius 1 is 1.45 bits per heavy atom. The molecule has 1 aliphatic rings. The van der Waals surface area contributed by atoms with Crippen LogP contribution in [0.25, 0.3) is 0 Å². The molecule has 1 unspecified atom stereocenters. The minimum absolute atomic E-state index is 0.0461. The largest absolute Gasteiger partial charge is 0.469 e. The van der Waals surface area contributed by atoms with Crippen LogP contribution in [0.4, 0.5) is 5.69 Å². The number of nitrogens with zero attached hydrogens (tertiary/aromatic N) is 3. The lowest BCUT2D eigenvalue weighted by Gasteiger charge is -2.17. The number of anilines is 1. The van der Waals surface area contributed by atoms with E-state index in [1.807, 2.05) is 35.0 Å². The number of hydrogen-bond acceptors (Lipinski definition) is 4. The summed E-state index contributed by atoms with van der Waals surface area (Å²) in [7, 11) is 1.35. The lowest BCUT2D eigenvalue weighted by Crippen LogP contribution is -2.26. The molecular weight excluding hydrogens is 282 g/mol. The lowest BCUT2D eigenvalue weighted by atomic mass is 10.1. The minimum Gasteiger partial charge on any atom is -0.469 e. The summed E-state index contributed by atoms with van der Waals surface area (Å²) in [5, 5.41) is 0.